The zero-order valence-electron chi connectivity index (χ0n) is 11.5. The van der Waals surface area contributed by atoms with Crippen LogP contribution in [0, 0.1) is 0 Å². The van der Waals surface area contributed by atoms with Gasteiger partial charge in [0.25, 0.3) is 5.91 Å². The Morgan fingerprint density at radius 2 is 1.95 bits per heavy atom. The van der Waals surface area contributed by atoms with Gasteiger partial charge in [0.15, 0.2) is 11.5 Å². The second-order valence-corrected chi connectivity index (χ2v) is 4.35. The first-order valence-electron chi connectivity index (χ1n) is 6.72. The molecule has 1 aliphatic rings. The Morgan fingerprint density at radius 1 is 1.26 bits per heavy atom. The highest BCUT2D eigenvalue weighted by atomic mass is 16.5. The molecule has 0 aliphatic carbocycles. The van der Waals surface area contributed by atoms with E-state index in [-0.39, 0.29) is 5.91 Å². The SMILES string of the molecule is CCN(CC)C(=O)c1ccc(N2CCOCC2)nn1. The third-order valence-electron chi connectivity index (χ3n) is 3.26. The third-order valence-corrected chi connectivity index (χ3v) is 3.26. The van der Waals surface area contributed by atoms with Crippen LogP contribution in [0.25, 0.3) is 0 Å². The molecule has 0 bridgehead atoms. The van der Waals surface area contributed by atoms with Crippen LogP contribution in [0.2, 0.25) is 0 Å². The van der Waals surface area contributed by atoms with Crippen LogP contribution in [0.4, 0.5) is 5.82 Å². The summed E-state index contributed by atoms with van der Waals surface area (Å²) in [6.45, 7) is 8.33. The molecule has 0 atom stereocenters. The fourth-order valence-corrected chi connectivity index (χ4v) is 2.07. The molecule has 19 heavy (non-hydrogen) atoms. The number of rotatable bonds is 4. The minimum Gasteiger partial charge on any atom is -0.378 e. The lowest BCUT2D eigenvalue weighted by molar-refractivity contribution is 0.0766. The maximum atomic E-state index is 12.1. The number of ether oxygens (including phenoxy) is 1. The maximum absolute atomic E-state index is 12.1. The number of hydrogen-bond donors (Lipinski definition) is 0. The number of morpholine rings is 1. The predicted molar refractivity (Wildman–Crippen MR) is 72.3 cm³/mol. The Labute approximate surface area is 113 Å². The highest BCUT2D eigenvalue weighted by Gasteiger charge is 2.17. The summed E-state index contributed by atoms with van der Waals surface area (Å²) >= 11 is 0. The smallest absolute Gasteiger partial charge is 0.274 e. The molecule has 1 fully saturated rings. The van der Waals surface area contributed by atoms with Crippen molar-refractivity contribution in [3.05, 3.63) is 17.8 Å². The number of carbonyl (C=O) groups excluding carboxylic acids is 1. The van der Waals surface area contributed by atoms with Crippen molar-refractivity contribution in [3.8, 4) is 0 Å². The zero-order valence-corrected chi connectivity index (χ0v) is 11.5. The minimum atomic E-state index is -0.0639. The molecular weight excluding hydrogens is 244 g/mol. The Hall–Kier alpha value is -1.69. The summed E-state index contributed by atoms with van der Waals surface area (Å²) in [7, 11) is 0. The van der Waals surface area contributed by atoms with E-state index < -0.39 is 0 Å². The molecule has 104 valence electrons. The van der Waals surface area contributed by atoms with Crippen LogP contribution in [0.1, 0.15) is 24.3 Å². The first kappa shape index (κ1) is 13.7. The van der Waals surface area contributed by atoms with E-state index >= 15 is 0 Å². The van der Waals surface area contributed by atoms with Crippen molar-refractivity contribution < 1.29 is 9.53 Å². The number of anilines is 1. The van der Waals surface area contributed by atoms with E-state index in [2.05, 4.69) is 15.1 Å². The lowest BCUT2D eigenvalue weighted by Gasteiger charge is -2.27. The van der Waals surface area contributed by atoms with Gasteiger partial charge in [0, 0.05) is 26.2 Å². The topological polar surface area (TPSA) is 58.6 Å². The second-order valence-electron chi connectivity index (χ2n) is 4.35. The van der Waals surface area contributed by atoms with Gasteiger partial charge in [-0.05, 0) is 26.0 Å². The van der Waals surface area contributed by atoms with Crippen molar-refractivity contribution in [3.63, 3.8) is 0 Å². The summed E-state index contributed by atoms with van der Waals surface area (Å²) in [5, 5.41) is 8.19. The number of aromatic nitrogens is 2. The van der Waals surface area contributed by atoms with Gasteiger partial charge in [-0.25, -0.2) is 0 Å². The number of amides is 1. The van der Waals surface area contributed by atoms with Crippen molar-refractivity contribution in [2.75, 3.05) is 44.3 Å². The number of hydrogen-bond acceptors (Lipinski definition) is 5. The fraction of sp³-hybridized carbons (Fsp3) is 0.615. The molecule has 1 amide bonds. The molecule has 0 aromatic carbocycles. The molecule has 0 N–H and O–H groups in total. The van der Waals surface area contributed by atoms with Gasteiger partial charge in [-0.1, -0.05) is 0 Å². The van der Waals surface area contributed by atoms with E-state index in [0.717, 1.165) is 18.9 Å². The van der Waals surface area contributed by atoms with E-state index in [1.165, 1.54) is 0 Å². The molecule has 2 rings (SSSR count). The second kappa shape index (κ2) is 6.47. The van der Waals surface area contributed by atoms with Crippen LogP contribution in [0.5, 0.6) is 0 Å². The molecule has 6 heteroatoms. The van der Waals surface area contributed by atoms with Crippen molar-refractivity contribution in [1.29, 1.82) is 0 Å². The van der Waals surface area contributed by atoms with Gasteiger partial charge in [0.05, 0.1) is 13.2 Å². The van der Waals surface area contributed by atoms with Crippen LogP contribution < -0.4 is 4.90 Å². The van der Waals surface area contributed by atoms with Gasteiger partial charge in [0.2, 0.25) is 0 Å². The quantitative estimate of drug-likeness (QED) is 0.805. The molecule has 6 nitrogen and oxygen atoms in total. The summed E-state index contributed by atoms with van der Waals surface area (Å²) in [5.41, 5.74) is 0.403. The molecular formula is C13H20N4O2. The molecule has 0 radical (unpaired) electrons. The third kappa shape index (κ3) is 3.20. The molecule has 2 heterocycles. The summed E-state index contributed by atoms with van der Waals surface area (Å²) in [5.74, 6) is 0.741. The van der Waals surface area contributed by atoms with Crippen molar-refractivity contribution in [1.82, 2.24) is 15.1 Å². The monoisotopic (exact) mass is 264 g/mol. The van der Waals surface area contributed by atoms with Crippen LogP contribution >= 0.6 is 0 Å². The van der Waals surface area contributed by atoms with Crippen LogP contribution in [0.3, 0.4) is 0 Å². The molecule has 1 aromatic heterocycles. The summed E-state index contributed by atoms with van der Waals surface area (Å²) in [6.07, 6.45) is 0. The molecule has 1 aliphatic heterocycles. The lowest BCUT2D eigenvalue weighted by Crippen LogP contribution is -2.37. The van der Waals surface area contributed by atoms with Gasteiger partial charge >= 0.3 is 0 Å². The van der Waals surface area contributed by atoms with E-state index in [1.54, 1.807) is 11.0 Å². The van der Waals surface area contributed by atoms with Gasteiger partial charge in [0.1, 0.15) is 0 Å². The van der Waals surface area contributed by atoms with Crippen LogP contribution in [0.15, 0.2) is 12.1 Å². The minimum absolute atomic E-state index is 0.0639. The maximum Gasteiger partial charge on any atom is 0.274 e. The molecule has 1 aromatic rings. The van der Waals surface area contributed by atoms with Crippen LogP contribution in [-0.2, 0) is 4.74 Å². The normalized spacial score (nSPS) is 15.4. The molecule has 0 saturated carbocycles. The van der Waals surface area contributed by atoms with Crippen molar-refractivity contribution in [2.24, 2.45) is 0 Å². The van der Waals surface area contributed by atoms with Gasteiger partial charge < -0.3 is 14.5 Å². The van der Waals surface area contributed by atoms with Gasteiger partial charge in [-0.3, -0.25) is 4.79 Å². The Balaban J connectivity index is 2.07. The first-order chi connectivity index (χ1) is 9.26. The van der Waals surface area contributed by atoms with Crippen LogP contribution in [-0.4, -0.2) is 60.4 Å². The average Bonchev–Trinajstić information content (AvgIpc) is 2.49. The predicted octanol–water partition coefficient (Wildman–Crippen LogP) is 0.795. The molecule has 1 saturated heterocycles. The molecule has 0 spiro atoms. The highest BCUT2D eigenvalue weighted by molar-refractivity contribution is 5.92. The lowest BCUT2D eigenvalue weighted by atomic mass is 10.3. The Morgan fingerprint density at radius 3 is 2.47 bits per heavy atom. The van der Waals surface area contributed by atoms with Gasteiger partial charge in [-0.15, -0.1) is 10.2 Å². The number of carbonyl (C=O) groups is 1. The van der Waals surface area contributed by atoms with E-state index in [1.807, 2.05) is 19.9 Å². The first-order valence-corrected chi connectivity index (χ1v) is 6.72. The van der Waals surface area contributed by atoms with Crippen molar-refractivity contribution >= 4 is 11.7 Å². The van der Waals surface area contributed by atoms with E-state index in [0.29, 0.717) is 32.0 Å². The van der Waals surface area contributed by atoms with Gasteiger partial charge in [-0.2, -0.15) is 0 Å². The Bertz CT molecular complexity index is 411. The average molecular weight is 264 g/mol. The largest absolute Gasteiger partial charge is 0.378 e. The molecule has 0 unspecified atom stereocenters. The Kier molecular flexibility index (Phi) is 4.68. The highest BCUT2D eigenvalue weighted by Crippen LogP contribution is 2.12. The standard InChI is InChI=1S/C13H20N4O2/c1-3-16(4-2)13(18)11-5-6-12(15-14-11)17-7-9-19-10-8-17/h5-6H,3-4,7-10H2,1-2H3. The van der Waals surface area contributed by atoms with E-state index in [4.69, 9.17) is 4.74 Å². The van der Waals surface area contributed by atoms with Crippen molar-refractivity contribution in [2.45, 2.75) is 13.8 Å². The zero-order chi connectivity index (χ0) is 13.7. The summed E-state index contributed by atoms with van der Waals surface area (Å²) < 4.78 is 5.29. The fourth-order valence-electron chi connectivity index (χ4n) is 2.07. The number of nitrogens with zero attached hydrogens (tertiary/aromatic N) is 4. The summed E-state index contributed by atoms with van der Waals surface area (Å²) in [6, 6.07) is 3.60. The van der Waals surface area contributed by atoms with E-state index in [9.17, 15) is 4.79 Å². The summed E-state index contributed by atoms with van der Waals surface area (Å²) in [4.78, 5) is 15.9.